The fraction of sp³-hybridized carbons (Fsp3) is 0.714. The van der Waals surface area contributed by atoms with Crippen molar-refractivity contribution in [3.05, 3.63) is 0 Å². The molecule has 0 bridgehead atoms. The highest BCUT2D eigenvalue weighted by Crippen LogP contribution is 2.10. The van der Waals surface area contributed by atoms with Crippen LogP contribution in [0.15, 0.2) is 0 Å². The molecular weight excluding hydrogens is 126 g/mol. The first kappa shape index (κ1) is 6.17. The van der Waals surface area contributed by atoms with Gasteiger partial charge in [-0.1, -0.05) is 5.92 Å². The van der Waals surface area contributed by atoms with E-state index in [1.165, 1.54) is 0 Å². The van der Waals surface area contributed by atoms with Crippen molar-refractivity contribution in [2.75, 3.05) is 13.2 Å². The monoisotopic (exact) mass is 137 g/mol. The predicted octanol–water partition coefficient (Wildman–Crippen LogP) is -1.52. The van der Waals surface area contributed by atoms with Crippen LogP contribution in [0.3, 0.4) is 0 Å². The van der Waals surface area contributed by atoms with Gasteiger partial charge in [-0.2, -0.15) is 0 Å². The van der Waals surface area contributed by atoms with Gasteiger partial charge >= 0.3 is 0 Å². The third-order valence-corrected chi connectivity index (χ3v) is 2.23. The molecular formula is C7H11N3. The Hall–Kier alpha value is -0.560. The Kier molecular flexibility index (Phi) is 1.38. The summed E-state index contributed by atoms with van der Waals surface area (Å²) in [5.74, 6) is 2.72. The highest BCUT2D eigenvalue weighted by Gasteiger charge is 2.37. The van der Waals surface area contributed by atoms with Crippen molar-refractivity contribution in [1.82, 2.24) is 16.0 Å². The molecule has 3 nitrogen and oxygen atoms in total. The van der Waals surface area contributed by atoms with Gasteiger partial charge in [0.1, 0.15) is 0 Å². The average molecular weight is 137 g/mol. The zero-order valence-electron chi connectivity index (χ0n) is 5.72. The van der Waals surface area contributed by atoms with Crippen LogP contribution in [-0.4, -0.2) is 31.3 Å². The molecule has 2 aliphatic heterocycles. The van der Waals surface area contributed by atoms with Crippen molar-refractivity contribution in [2.45, 2.75) is 18.1 Å². The third-order valence-electron chi connectivity index (χ3n) is 2.23. The quantitative estimate of drug-likeness (QED) is 0.355. The molecule has 10 heavy (non-hydrogen) atoms. The maximum absolute atomic E-state index is 5.31. The second kappa shape index (κ2) is 2.24. The van der Waals surface area contributed by atoms with Gasteiger partial charge in [-0.15, -0.1) is 6.42 Å². The standard InChI is InChI=1S/C7H11N3/c1-2-5-7-6(3-8-5)9-4-10-7/h1,5-10H,3-4H2. The topological polar surface area (TPSA) is 36.1 Å². The van der Waals surface area contributed by atoms with Crippen LogP contribution in [0.4, 0.5) is 0 Å². The SMILES string of the molecule is C#CC1NCC2NCNC12. The Bertz CT molecular complexity index is 172. The normalized spacial score (nSPS) is 44.9. The maximum Gasteiger partial charge on any atom is 0.0859 e. The van der Waals surface area contributed by atoms with E-state index in [4.69, 9.17) is 6.42 Å². The maximum atomic E-state index is 5.31. The first-order valence-electron chi connectivity index (χ1n) is 3.58. The smallest absolute Gasteiger partial charge is 0.0859 e. The highest BCUT2D eigenvalue weighted by molar-refractivity contribution is 5.15. The van der Waals surface area contributed by atoms with Gasteiger partial charge in [0.25, 0.3) is 0 Å². The van der Waals surface area contributed by atoms with Crippen molar-refractivity contribution >= 4 is 0 Å². The molecule has 2 fully saturated rings. The molecule has 0 radical (unpaired) electrons. The lowest BCUT2D eigenvalue weighted by Crippen LogP contribution is -2.38. The Morgan fingerprint density at radius 3 is 3.00 bits per heavy atom. The molecule has 0 aromatic carbocycles. The first-order chi connectivity index (χ1) is 4.92. The van der Waals surface area contributed by atoms with E-state index < -0.39 is 0 Å². The summed E-state index contributed by atoms with van der Waals surface area (Å²) in [6, 6.07) is 1.21. The van der Waals surface area contributed by atoms with Crippen molar-refractivity contribution < 1.29 is 0 Å². The molecule has 3 atom stereocenters. The van der Waals surface area contributed by atoms with Crippen LogP contribution in [-0.2, 0) is 0 Å². The average Bonchev–Trinajstić information content (AvgIpc) is 2.44. The van der Waals surface area contributed by atoms with E-state index in [1.54, 1.807) is 0 Å². The third kappa shape index (κ3) is 0.739. The van der Waals surface area contributed by atoms with Crippen molar-refractivity contribution in [3.63, 3.8) is 0 Å². The summed E-state index contributed by atoms with van der Waals surface area (Å²) < 4.78 is 0. The van der Waals surface area contributed by atoms with E-state index in [0.717, 1.165) is 13.2 Å². The fourth-order valence-corrected chi connectivity index (χ4v) is 1.67. The molecule has 2 aliphatic rings. The van der Waals surface area contributed by atoms with Crippen LogP contribution < -0.4 is 16.0 Å². The van der Waals surface area contributed by atoms with E-state index in [0.29, 0.717) is 12.1 Å². The van der Waals surface area contributed by atoms with Crippen molar-refractivity contribution in [2.24, 2.45) is 0 Å². The largest absolute Gasteiger partial charge is 0.301 e. The van der Waals surface area contributed by atoms with Crippen LogP contribution in [0, 0.1) is 12.3 Å². The molecule has 3 heteroatoms. The fourth-order valence-electron chi connectivity index (χ4n) is 1.67. The van der Waals surface area contributed by atoms with E-state index in [1.807, 2.05) is 0 Å². The summed E-state index contributed by atoms with van der Waals surface area (Å²) in [7, 11) is 0. The van der Waals surface area contributed by atoms with Crippen LogP contribution in [0.25, 0.3) is 0 Å². The Balaban J connectivity index is 2.10. The van der Waals surface area contributed by atoms with E-state index >= 15 is 0 Å². The summed E-state index contributed by atoms with van der Waals surface area (Å²) in [6.45, 7) is 1.89. The lowest BCUT2D eigenvalue weighted by atomic mass is 10.1. The molecule has 2 saturated heterocycles. The van der Waals surface area contributed by atoms with Crippen molar-refractivity contribution in [3.8, 4) is 12.3 Å². The summed E-state index contributed by atoms with van der Waals surface area (Å²) in [6.07, 6.45) is 5.31. The predicted molar refractivity (Wildman–Crippen MR) is 39.3 cm³/mol. The molecule has 0 amide bonds. The number of fused-ring (bicyclic) bond motifs is 1. The van der Waals surface area contributed by atoms with Crippen LogP contribution in [0.2, 0.25) is 0 Å². The summed E-state index contributed by atoms with van der Waals surface area (Å²) in [5, 5.41) is 9.86. The summed E-state index contributed by atoms with van der Waals surface area (Å²) in [5.41, 5.74) is 0. The van der Waals surface area contributed by atoms with E-state index in [2.05, 4.69) is 21.9 Å². The molecule has 0 aromatic rings. The number of rotatable bonds is 0. The number of hydrogen-bond acceptors (Lipinski definition) is 3. The highest BCUT2D eigenvalue weighted by atomic mass is 15.3. The molecule has 2 rings (SSSR count). The van der Waals surface area contributed by atoms with Crippen molar-refractivity contribution in [1.29, 1.82) is 0 Å². The Morgan fingerprint density at radius 1 is 1.30 bits per heavy atom. The Labute approximate surface area is 60.6 Å². The zero-order valence-corrected chi connectivity index (χ0v) is 5.72. The van der Waals surface area contributed by atoms with Gasteiger partial charge in [-0.3, -0.25) is 10.6 Å². The summed E-state index contributed by atoms with van der Waals surface area (Å²) >= 11 is 0. The van der Waals surface area contributed by atoms with Gasteiger partial charge in [0.15, 0.2) is 0 Å². The first-order valence-corrected chi connectivity index (χ1v) is 3.58. The molecule has 0 aliphatic carbocycles. The second-order valence-corrected chi connectivity index (χ2v) is 2.77. The van der Waals surface area contributed by atoms with Gasteiger partial charge < -0.3 is 5.32 Å². The minimum absolute atomic E-state index is 0.222. The minimum atomic E-state index is 0.222. The molecule has 3 N–H and O–H groups in total. The molecule has 0 aromatic heterocycles. The number of hydrogen-bond donors (Lipinski definition) is 3. The lowest BCUT2D eigenvalue weighted by molar-refractivity contribution is 0.571. The molecule has 0 spiro atoms. The van der Waals surface area contributed by atoms with Crippen LogP contribution >= 0.6 is 0 Å². The van der Waals surface area contributed by atoms with E-state index in [-0.39, 0.29) is 6.04 Å². The minimum Gasteiger partial charge on any atom is -0.301 e. The number of terminal acetylenes is 1. The van der Waals surface area contributed by atoms with Gasteiger partial charge in [-0.05, 0) is 0 Å². The molecule has 0 saturated carbocycles. The van der Waals surface area contributed by atoms with Crippen LogP contribution in [0.1, 0.15) is 0 Å². The summed E-state index contributed by atoms with van der Waals surface area (Å²) in [4.78, 5) is 0. The second-order valence-electron chi connectivity index (χ2n) is 2.77. The van der Waals surface area contributed by atoms with Gasteiger partial charge in [-0.25, -0.2) is 0 Å². The molecule has 3 unspecified atom stereocenters. The zero-order chi connectivity index (χ0) is 6.97. The van der Waals surface area contributed by atoms with E-state index in [9.17, 15) is 0 Å². The van der Waals surface area contributed by atoms with Crippen LogP contribution in [0.5, 0.6) is 0 Å². The van der Waals surface area contributed by atoms with Gasteiger partial charge in [0.05, 0.1) is 12.1 Å². The number of nitrogens with one attached hydrogen (secondary N) is 3. The molecule has 2 heterocycles. The van der Waals surface area contributed by atoms with Gasteiger partial charge in [0.2, 0.25) is 0 Å². The lowest BCUT2D eigenvalue weighted by Gasteiger charge is -2.10. The Morgan fingerprint density at radius 2 is 2.20 bits per heavy atom. The van der Waals surface area contributed by atoms with Gasteiger partial charge in [0, 0.05) is 19.3 Å². The molecule has 54 valence electrons.